The Morgan fingerprint density at radius 2 is 1.27 bits per heavy atom. The summed E-state index contributed by atoms with van der Waals surface area (Å²) in [6, 6.07) is 0. The number of carbonyl (C=O) groups is 3. The van der Waals surface area contributed by atoms with Crippen LogP contribution in [-0.2, 0) is 19.1 Å². The van der Waals surface area contributed by atoms with Crippen molar-refractivity contribution in [2.75, 3.05) is 33.8 Å². The fraction of sp³-hybridized carbons (Fsp3) is 0.842. The monoisotopic (exact) mass is 446 g/mol. The van der Waals surface area contributed by atoms with Crippen molar-refractivity contribution < 1.29 is 41.1 Å². The van der Waals surface area contributed by atoms with Crippen molar-refractivity contribution in [3.05, 3.63) is 0 Å². The predicted octanol–water partition coefficient (Wildman–Crippen LogP) is 3.78. The Labute approximate surface area is 173 Å². The summed E-state index contributed by atoms with van der Waals surface area (Å²) < 4.78 is 67.7. The zero-order valence-electron chi connectivity index (χ0n) is 17.7. The van der Waals surface area contributed by atoms with Gasteiger partial charge in [-0.1, -0.05) is 51.9 Å². The molecule has 176 valence electrons. The Kier molecular flexibility index (Phi) is 12.5. The van der Waals surface area contributed by atoms with E-state index >= 15 is 0 Å². The molecule has 0 saturated heterocycles. The molecule has 0 fully saturated rings. The van der Waals surface area contributed by atoms with Gasteiger partial charge in [0.2, 0.25) is 5.91 Å². The first-order valence-corrected chi connectivity index (χ1v) is 9.94. The Balaban J connectivity index is 4.17. The fourth-order valence-corrected chi connectivity index (χ4v) is 2.51. The molecule has 0 aliphatic rings. The van der Waals surface area contributed by atoms with E-state index in [1.807, 2.05) is 0 Å². The van der Waals surface area contributed by atoms with Crippen LogP contribution in [0.4, 0.5) is 22.0 Å². The SMILES string of the molecule is CCCCCCCCCCOC(=O)CN(C)C(=O)CN(C)C(=O)C(F)(F)C(F)(F)F. The summed E-state index contributed by atoms with van der Waals surface area (Å²) in [5.41, 5.74) is 0. The lowest BCUT2D eigenvalue weighted by Crippen LogP contribution is -2.53. The quantitative estimate of drug-likeness (QED) is 0.231. The average molecular weight is 446 g/mol. The first kappa shape index (κ1) is 28.1. The zero-order chi connectivity index (χ0) is 23.4. The summed E-state index contributed by atoms with van der Waals surface area (Å²) in [5.74, 6) is -9.86. The van der Waals surface area contributed by atoms with Crippen molar-refractivity contribution in [3.8, 4) is 0 Å². The lowest BCUT2D eigenvalue weighted by atomic mass is 10.1. The molecule has 0 aromatic carbocycles. The number of hydrogen-bond acceptors (Lipinski definition) is 4. The minimum atomic E-state index is -6.06. The third kappa shape index (κ3) is 10.2. The fourth-order valence-electron chi connectivity index (χ4n) is 2.51. The van der Waals surface area contributed by atoms with E-state index in [4.69, 9.17) is 4.74 Å². The number of amides is 2. The van der Waals surface area contributed by atoms with Gasteiger partial charge in [0.15, 0.2) is 0 Å². The smallest absolute Gasteiger partial charge is 0.463 e. The minimum absolute atomic E-state index is 0.0296. The van der Waals surface area contributed by atoms with Crippen LogP contribution in [0, 0.1) is 0 Å². The Morgan fingerprint density at radius 3 is 1.77 bits per heavy atom. The van der Waals surface area contributed by atoms with Gasteiger partial charge in [-0.3, -0.25) is 14.4 Å². The van der Waals surface area contributed by atoms with Crippen LogP contribution < -0.4 is 0 Å². The standard InChI is InChI=1S/C19H31F5N2O4/c1-4-5-6-7-8-9-10-11-12-30-16(28)14-25(2)15(27)13-26(3)17(29)18(20,21)19(22,23)24/h4-14H2,1-3H3. The molecule has 0 heterocycles. The number of halogens is 5. The molecule has 11 heteroatoms. The molecule has 0 aromatic rings. The van der Waals surface area contributed by atoms with Crippen molar-refractivity contribution >= 4 is 17.8 Å². The molecule has 0 aliphatic heterocycles. The zero-order valence-corrected chi connectivity index (χ0v) is 17.7. The molecular weight excluding hydrogens is 415 g/mol. The molecule has 0 saturated carbocycles. The summed E-state index contributed by atoms with van der Waals surface area (Å²) >= 11 is 0. The van der Waals surface area contributed by atoms with E-state index in [0.29, 0.717) is 13.5 Å². The van der Waals surface area contributed by atoms with Gasteiger partial charge in [-0.05, 0) is 6.42 Å². The van der Waals surface area contributed by atoms with Crippen molar-refractivity contribution in [1.82, 2.24) is 9.80 Å². The molecule has 2 amide bonds. The number of carbonyl (C=O) groups excluding carboxylic acids is 3. The highest BCUT2D eigenvalue weighted by atomic mass is 19.4. The molecule has 0 unspecified atom stereocenters. The lowest BCUT2D eigenvalue weighted by molar-refractivity contribution is -0.273. The molecule has 0 N–H and O–H groups in total. The second kappa shape index (κ2) is 13.4. The van der Waals surface area contributed by atoms with Crippen molar-refractivity contribution in [2.45, 2.75) is 70.4 Å². The largest absolute Gasteiger partial charge is 0.464 e. The summed E-state index contributed by atoms with van der Waals surface area (Å²) in [5, 5.41) is 0. The second-order valence-electron chi connectivity index (χ2n) is 7.18. The van der Waals surface area contributed by atoms with Gasteiger partial charge in [0.05, 0.1) is 13.2 Å². The second-order valence-corrected chi connectivity index (χ2v) is 7.18. The van der Waals surface area contributed by atoms with Crippen LogP contribution in [0.25, 0.3) is 0 Å². The third-order valence-electron chi connectivity index (χ3n) is 4.40. The van der Waals surface area contributed by atoms with Crippen LogP contribution in [0.1, 0.15) is 58.3 Å². The molecule has 0 radical (unpaired) electrons. The van der Waals surface area contributed by atoms with Gasteiger partial charge in [-0.15, -0.1) is 0 Å². The third-order valence-corrected chi connectivity index (χ3v) is 4.40. The van der Waals surface area contributed by atoms with Crippen molar-refractivity contribution in [2.24, 2.45) is 0 Å². The molecule has 0 rings (SSSR count). The van der Waals surface area contributed by atoms with Crippen molar-refractivity contribution in [3.63, 3.8) is 0 Å². The Morgan fingerprint density at radius 1 is 0.767 bits per heavy atom. The van der Waals surface area contributed by atoms with Crippen LogP contribution in [0.3, 0.4) is 0 Å². The normalized spacial score (nSPS) is 11.9. The molecule has 0 atom stereocenters. The summed E-state index contributed by atoms with van der Waals surface area (Å²) in [4.78, 5) is 35.7. The molecule has 30 heavy (non-hydrogen) atoms. The van der Waals surface area contributed by atoms with Gasteiger partial charge in [-0.2, -0.15) is 22.0 Å². The summed E-state index contributed by atoms with van der Waals surface area (Å²) in [6.45, 7) is 0.773. The van der Waals surface area contributed by atoms with Gasteiger partial charge >= 0.3 is 24.0 Å². The maximum Gasteiger partial charge on any atom is 0.463 e. The molecule has 0 spiro atoms. The van der Waals surface area contributed by atoms with Crippen molar-refractivity contribution in [1.29, 1.82) is 0 Å². The number of likely N-dealkylation sites (N-methyl/N-ethyl adjacent to an activating group) is 2. The summed E-state index contributed by atoms with van der Waals surface area (Å²) in [7, 11) is 1.80. The van der Waals surface area contributed by atoms with Gasteiger partial charge < -0.3 is 14.5 Å². The van der Waals surface area contributed by atoms with Gasteiger partial charge in [-0.25, -0.2) is 0 Å². The highest BCUT2D eigenvalue weighted by Crippen LogP contribution is 2.36. The van der Waals surface area contributed by atoms with Crippen LogP contribution in [0.15, 0.2) is 0 Å². The Hall–Kier alpha value is -1.94. The van der Waals surface area contributed by atoms with E-state index in [-0.39, 0.29) is 11.5 Å². The summed E-state index contributed by atoms with van der Waals surface area (Å²) in [6.07, 6.45) is 2.43. The number of unbranched alkanes of at least 4 members (excludes halogenated alkanes) is 7. The number of ether oxygens (including phenoxy) is 1. The predicted molar refractivity (Wildman–Crippen MR) is 99.8 cm³/mol. The molecule has 6 nitrogen and oxygen atoms in total. The molecular formula is C19H31F5N2O4. The van der Waals surface area contributed by atoms with Crippen LogP contribution in [0.2, 0.25) is 0 Å². The maximum absolute atomic E-state index is 13.0. The number of rotatable bonds is 14. The highest BCUT2D eigenvalue weighted by Gasteiger charge is 2.64. The van der Waals surface area contributed by atoms with Gasteiger partial charge in [0.25, 0.3) is 0 Å². The molecule has 0 aromatic heterocycles. The average Bonchev–Trinajstić information content (AvgIpc) is 2.64. The number of esters is 1. The van der Waals surface area contributed by atoms with Crippen LogP contribution in [0.5, 0.6) is 0 Å². The van der Waals surface area contributed by atoms with E-state index < -0.39 is 43.0 Å². The van der Waals surface area contributed by atoms with Crippen LogP contribution in [-0.4, -0.2) is 73.5 Å². The molecule has 0 bridgehead atoms. The first-order valence-electron chi connectivity index (χ1n) is 9.94. The van der Waals surface area contributed by atoms with Crippen LogP contribution >= 0.6 is 0 Å². The lowest BCUT2D eigenvalue weighted by Gasteiger charge is -2.26. The van der Waals surface area contributed by atoms with E-state index in [0.717, 1.165) is 31.2 Å². The van der Waals surface area contributed by atoms with E-state index in [9.17, 15) is 36.3 Å². The minimum Gasteiger partial charge on any atom is -0.464 e. The van der Waals surface area contributed by atoms with Gasteiger partial charge in [0, 0.05) is 14.1 Å². The number of nitrogens with zero attached hydrogens (tertiary/aromatic N) is 2. The highest BCUT2D eigenvalue weighted by molar-refractivity contribution is 5.89. The Bertz CT molecular complexity index is 556. The van der Waals surface area contributed by atoms with E-state index in [2.05, 4.69) is 6.92 Å². The molecule has 0 aliphatic carbocycles. The topological polar surface area (TPSA) is 66.9 Å². The van der Waals surface area contributed by atoms with E-state index in [1.165, 1.54) is 25.7 Å². The van der Waals surface area contributed by atoms with E-state index in [1.54, 1.807) is 0 Å². The first-order chi connectivity index (χ1) is 13.8. The maximum atomic E-state index is 13.0. The number of hydrogen-bond donors (Lipinski definition) is 0. The van der Waals surface area contributed by atoms with Gasteiger partial charge in [0.1, 0.15) is 6.54 Å². The number of alkyl halides is 5.